The van der Waals surface area contributed by atoms with Crippen LogP contribution in [0.15, 0.2) is 18.2 Å². The van der Waals surface area contributed by atoms with Gasteiger partial charge in [0.05, 0.1) is 6.42 Å². The molecule has 1 aromatic rings. The topological polar surface area (TPSA) is 54.4 Å². The number of fused-ring (bicyclic) bond motifs is 1. The zero-order valence-electron chi connectivity index (χ0n) is 8.49. The van der Waals surface area contributed by atoms with Gasteiger partial charge in [-0.1, -0.05) is 17.7 Å². The second-order valence-corrected chi connectivity index (χ2v) is 4.01. The molecule has 1 aliphatic rings. The molecule has 1 N–H and O–H groups in total. The Morgan fingerprint density at radius 3 is 2.93 bits per heavy atom. The van der Waals surface area contributed by atoms with E-state index in [1.807, 2.05) is 25.1 Å². The zero-order valence-corrected chi connectivity index (χ0v) is 8.49. The first kappa shape index (κ1) is 9.90. The molecule has 1 aliphatic carbocycles. The number of aliphatic carboxylic acids is 1. The third kappa shape index (κ3) is 1.77. The van der Waals surface area contributed by atoms with Gasteiger partial charge in [-0.05, 0) is 18.6 Å². The molecule has 78 valence electrons. The Bertz CT molecular complexity index is 434. The van der Waals surface area contributed by atoms with Crippen molar-refractivity contribution < 1.29 is 14.7 Å². The van der Waals surface area contributed by atoms with E-state index in [2.05, 4.69) is 0 Å². The third-order valence-corrected chi connectivity index (χ3v) is 2.80. The van der Waals surface area contributed by atoms with E-state index in [-0.39, 0.29) is 18.1 Å². The monoisotopic (exact) mass is 204 g/mol. The fourth-order valence-corrected chi connectivity index (χ4v) is 2.10. The molecule has 3 heteroatoms. The molecule has 0 aliphatic heterocycles. The number of hydrogen-bond donors (Lipinski definition) is 1. The number of rotatable bonds is 2. The van der Waals surface area contributed by atoms with E-state index in [1.165, 1.54) is 0 Å². The van der Waals surface area contributed by atoms with Gasteiger partial charge in [0.2, 0.25) is 0 Å². The highest BCUT2D eigenvalue weighted by Gasteiger charge is 2.30. The Morgan fingerprint density at radius 1 is 1.53 bits per heavy atom. The van der Waals surface area contributed by atoms with E-state index >= 15 is 0 Å². The number of carboxylic acids is 1. The molecule has 0 saturated carbocycles. The number of Topliss-reactive ketones (excluding diaryl/α,β-unsaturated/α-hetero) is 1. The lowest BCUT2D eigenvalue weighted by Gasteiger charge is -2.07. The van der Waals surface area contributed by atoms with Crippen molar-refractivity contribution in [1.82, 2.24) is 0 Å². The van der Waals surface area contributed by atoms with E-state index in [1.54, 1.807) is 0 Å². The van der Waals surface area contributed by atoms with Crippen LogP contribution in [0.4, 0.5) is 0 Å². The smallest absolute Gasteiger partial charge is 0.303 e. The summed E-state index contributed by atoms with van der Waals surface area (Å²) in [5.41, 5.74) is 2.65. The Kier molecular flexibility index (Phi) is 2.31. The molecular weight excluding hydrogens is 192 g/mol. The Balaban J connectivity index is 2.38. The molecule has 0 heterocycles. The van der Waals surface area contributed by atoms with E-state index in [4.69, 9.17) is 5.11 Å². The van der Waals surface area contributed by atoms with Gasteiger partial charge < -0.3 is 5.11 Å². The lowest BCUT2D eigenvalue weighted by atomic mass is 9.97. The van der Waals surface area contributed by atoms with Crippen molar-refractivity contribution in [2.75, 3.05) is 0 Å². The SMILES string of the molecule is Cc1ccc2c(c1)C(=O)CC2CC(=O)O. The molecule has 0 saturated heterocycles. The van der Waals surface area contributed by atoms with Crippen LogP contribution < -0.4 is 0 Å². The maximum absolute atomic E-state index is 11.6. The van der Waals surface area contributed by atoms with Gasteiger partial charge in [0.1, 0.15) is 0 Å². The third-order valence-electron chi connectivity index (χ3n) is 2.80. The average Bonchev–Trinajstić information content (AvgIpc) is 2.42. The highest BCUT2D eigenvalue weighted by atomic mass is 16.4. The molecule has 15 heavy (non-hydrogen) atoms. The molecule has 1 aromatic carbocycles. The predicted molar refractivity (Wildman–Crippen MR) is 55.1 cm³/mol. The zero-order chi connectivity index (χ0) is 11.0. The summed E-state index contributed by atoms with van der Waals surface area (Å²) >= 11 is 0. The second-order valence-electron chi connectivity index (χ2n) is 4.01. The van der Waals surface area contributed by atoms with Crippen LogP contribution in [0, 0.1) is 6.92 Å². The van der Waals surface area contributed by atoms with Crippen LogP contribution in [0.2, 0.25) is 0 Å². The minimum absolute atomic E-state index is 0.0435. The summed E-state index contributed by atoms with van der Waals surface area (Å²) in [7, 11) is 0. The van der Waals surface area contributed by atoms with Gasteiger partial charge in [0.15, 0.2) is 5.78 Å². The van der Waals surface area contributed by atoms with Crippen LogP contribution in [-0.2, 0) is 4.79 Å². The summed E-state index contributed by atoms with van der Waals surface area (Å²) in [6.45, 7) is 1.93. The van der Waals surface area contributed by atoms with Gasteiger partial charge in [0.25, 0.3) is 0 Å². The summed E-state index contributed by atoms with van der Waals surface area (Å²) in [6.07, 6.45) is 0.382. The Labute approximate surface area is 87.7 Å². The van der Waals surface area contributed by atoms with E-state index < -0.39 is 5.97 Å². The first-order valence-electron chi connectivity index (χ1n) is 4.93. The van der Waals surface area contributed by atoms with Gasteiger partial charge >= 0.3 is 5.97 Å². The summed E-state index contributed by atoms with van der Waals surface area (Å²) < 4.78 is 0. The number of benzene rings is 1. The maximum atomic E-state index is 11.6. The van der Waals surface area contributed by atoms with E-state index in [0.29, 0.717) is 12.0 Å². The van der Waals surface area contributed by atoms with Crippen LogP contribution in [0.3, 0.4) is 0 Å². The van der Waals surface area contributed by atoms with Crippen molar-refractivity contribution in [1.29, 1.82) is 0 Å². The molecular formula is C12H12O3. The standard InChI is InChI=1S/C12H12O3/c1-7-2-3-9-8(6-12(14)15)5-11(13)10(9)4-7/h2-4,8H,5-6H2,1H3,(H,14,15). The molecule has 0 aromatic heterocycles. The highest BCUT2D eigenvalue weighted by Crippen LogP contribution is 2.35. The fraction of sp³-hybridized carbons (Fsp3) is 0.333. The number of hydrogen-bond acceptors (Lipinski definition) is 2. The van der Waals surface area contributed by atoms with Crippen LogP contribution >= 0.6 is 0 Å². The molecule has 1 atom stereocenters. The number of carbonyl (C=O) groups is 2. The van der Waals surface area contributed by atoms with Crippen molar-refractivity contribution in [2.45, 2.75) is 25.7 Å². The number of aryl methyl sites for hydroxylation is 1. The lowest BCUT2D eigenvalue weighted by Crippen LogP contribution is -2.03. The van der Waals surface area contributed by atoms with Crippen LogP contribution in [0.25, 0.3) is 0 Å². The first-order chi connectivity index (χ1) is 7.08. The van der Waals surface area contributed by atoms with Gasteiger partial charge in [0, 0.05) is 17.9 Å². The largest absolute Gasteiger partial charge is 0.481 e. The molecule has 0 radical (unpaired) electrons. The summed E-state index contributed by atoms with van der Waals surface area (Å²) in [4.78, 5) is 22.2. The summed E-state index contributed by atoms with van der Waals surface area (Å²) in [6, 6.07) is 5.65. The quantitative estimate of drug-likeness (QED) is 0.802. The fourth-order valence-electron chi connectivity index (χ4n) is 2.10. The minimum Gasteiger partial charge on any atom is -0.481 e. The molecule has 0 bridgehead atoms. The van der Waals surface area contributed by atoms with Crippen molar-refractivity contribution in [3.8, 4) is 0 Å². The van der Waals surface area contributed by atoms with Crippen molar-refractivity contribution >= 4 is 11.8 Å². The summed E-state index contributed by atoms with van der Waals surface area (Å²) in [5.74, 6) is -0.910. The van der Waals surface area contributed by atoms with Crippen molar-refractivity contribution in [3.05, 3.63) is 34.9 Å². The molecule has 0 spiro atoms. The Morgan fingerprint density at radius 2 is 2.27 bits per heavy atom. The average molecular weight is 204 g/mol. The van der Waals surface area contributed by atoms with E-state index in [0.717, 1.165) is 11.1 Å². The van der Waals surface area contributed by atoms with Gasteiger partial charge in [-0.3, -0.25) is 9.59 Å². The number of carbonyl (C=O) groups excluding carboxylic acids is 1. The van der Waals surface area contributed by atoms with Gasteiger partial charge in [-0.2, -0.15) is 0 Å². The van der Waals surface area contributed by atoms with Crippen LogP contribution in [0.1, 0.15) is 40.2 Å². The summed E-state index contributed by atoms with van der Waals surface area (Å²) in [5, 5.41) is 8.73. The van der Waals surface area contributed by atoms with Crippen LogP contribution in [0.5, 0.6) is 0 Å². The predicted octanol–water partition coefficient (Wildman–Crippen LogP) is 2.14. The first-order valence-corrected chi connectivity index (χ1v) is 4.93. The van der Waals surface area contributed by atoms with Crippen molar-refractivity contribution in [2.24, 2.45) is 0 Å². The number of ketones is 1. The molecule has 2 rings (SSSR count). The van der Waals surface area contributed by atoms with E-state index in [9.17, 15) is 9.59 Å². The maximum Gasteiger partial charge on any atom is 0.303 e. The molecule has 1 unspecified atom stereocenters. The van der Waals surface area contributed by atoms with Gasteiger partial charge in [-0.15, -0.1) is 0 Å². The number of carboxylic acid groups (broad SMARTS) is 1. The second kappa shape index (κ2) is 3.50. The Hall–Kier alpha value is -1.64. The van der Waals surface area contributed by atoms with Crippen LogP contribution in [-0.4, -0.2) is 16.9 Å². The molecule has 3 nitrogen and oxygen atoms in total. The van der Waals surface area contributed by atoms with Crippen molar-refractivity contribution in [3.63, 3.8) is 0 Å². The highest BCUT2D eigenvalue weighted by molar-refractivity contribution is 6.01. The normalized spacial score (nSPS) is 19.0. The lowest BCUT2D eigenvalue weighted by molar-refractivity contribution is -0.137. The molecule has 0 fully saturated rings. The molecule has 0 amide bonds. The minimum atomic E-state index is -0.846. The van der Waals surface area contributed by atoms with Gasteiger partial charge in [-0.25, -0.2) is 0 Å².